The summed E-state index contributed by atoms with van der Waals surface area (Å²) >= 11 is 0. The average Bonchev–Trinajstić information content (AvgIpc) is 3.24. The van der Waals surface area contributed by atoms with Gasteiger partial charge in [0.05, 0.1) is 16.6 Å². The zero-order valence-corrected chi connectivity index (χ0v) is 16.7. The van der Waals surface area contributed by atoms with Gasteiger partial charge in [0.15, 0.2) is 0 Å². The van der Waals surface area contributed by atoms with Crippen LogP contribution < -0.4 is 10.0 Å². The average molecular weight is 442 g/mol. The molecule has 10 heteroatoms. The summed E-state index contributed by atoms with van der Waals surface area (Å²) in [5.74, 6) is -0.536. The van der Waals surface area contributed by atoms with E-state index in [-0.39, 0.29) is 29.7 Å². The lowest BCUT2D eigenvalue weighted by atomic mass is 10.1. The van der Waals surface area contributed by atoms with Crippen molar-refractivity contribution in [1.29, 1.82) is 0 Å². The van der Waals surface area contributed by atoms with Crippen LogP contribution in [0.25, 0.3) is 0 Å². The van der Waals surface area contributed by atoms with E-state index in [0.29, 0.717) is 12.2 Å². The van der Waals surface area contributed by atoms with E-state index in [1.807, 2.05) is 0 Å². The Labute approximate surface area is 172 Å². The number of amides is 1. The highest BCUT2D eigenvalue weighted by molar-refractivity contribution is 7.89. The molecule has 3 rings (SSSR count). The smallest absolute Gasteiger partial charge is 0.377 e. The topological polar surface area (TPSA) is 84.5 Å². The van der Waals surface area contributed by atoms with Crippen LogP contribution in [0.2, 0.25) is 0 Å². The predicted octanol–water partition coefficient (Wildman–Crippen LogP) is 3.09. The van der Waals surface area contributed by atoms with Crippen LogP contribution in [0.5, 0.6) is 0 Å². The van der Waals surface area contributed by atoms with Gasteiger partial charge in [0.2, 0.25) is 10.0 Å². The quantitative estimate of drug-likeness (QED) is 0.690. The minimum Gasteiger partial charge on any atom is -0.377 e. The molecule has 2 N–H and O–H groups in total. The molecule has 1 unspecified atom stereocenters. The van der Waals surface area contributed by atoms with Crippen LogP contribution in [0.1, 0.15) is 34.3 Å². The van der Waals surface area contributed by atoms with Gasteiger partial charge in [-0.05, 0) is 48.7 Å². The number of hydrogen-bond donors (Lipinski definition) is 2. The standard InChI is InChI=1S/C20H21F3N2O4S/c21-20(22,23)16-8-6-14(7-9-16)12-24-19(26)15-3-1-5-18(11-15)30(27,28)25-13-17-4-2-10-29-17/h1,3,5-9,11,17,25H,2,4,10,12-13H2,(H,24,26). The molecule has 0 saturated carbocycles. The fourth-order valence-electron chi connectivity index (χ4n) is 2.99. The number of carbonyl (C=O) groups excluding carboxylic acids is 1. The number of benzene rings is 2. The van der Waals surface area contributed by atoms with Gasteiger partial charge in [-0.2, -0.15) is 13.2 Å². The molecule has 30 heavy (non-hydrogen) atoms. The first-order valence-corrected chi connectivity index (χ1v) is 10.8. The zero-order valence-electron chi connectivity index (χ0n) is 15.9. The second-order valence-electron chi connectivity index (χ2n) is 6.89. The Bertz CT molecular complexity index is 986. The molecule has 1 aliphatic rings. The number of sulfonamides is 1. The maximum absolute atomic E-state index is 12.6. The minimum atomic E-state index is -4.42. The third-order valence-electron chi connectivity index (χ3n) is 4.67. The van der Waals surface area contributed by atoms with Crippen molar-refractivity contribution in [2.75, 3.05) is 13.2 Å². The van der Waals surface area contributed by atoms with Gasteiger partial charge in [-0.25, -0.2) is 13.1 Å². The first-order valence-electron chi connectivity index (χ1n) is 9.31. The lowest BCUT2D eigenvalue weighted by molar-refractivity contribution is -0.137. The summed E-state index contributed by atoms with van der Waals surface area (Å²) in [5, 5.41) is 2.57. The second kappa shape index (κ2) is 9.15. The molecule has 6 nitrogen and oxygen atoms in total. The van der Waals surface area contributed by atoms with Crippen molar-refractivity contribution >= 4 is 15.9 Å². The third-order valence-corrected chi connectivity index (χ3v) is 6.09. The van der Waals surface area contributed by atoms with Gasteiger partial charge in [0.1, 0.15) is 0 Å². The number of halogens is 3. The van der Waals surface area contributed by atoms with Crippen LogP contribution >= 0.6 is 0 Å². The van der Waals surface area contributed by atoms with Crippen LogP contribution in [-0.2, 0) is 27.5 Å². The van der Waals surface area contributed by atoms with E-state index in [1.54, 1.807) is 0 Å². The highest BCUT2D eigenvalue weighted by Gasteiger charge is 2.30. The van der Waals surface area contributed by atoms with Gasteiger partial charge in [0, 0.05) is 25.3 Å². The van der Waals surface area contributed by atoms with Gasteiger partial charge in [-0.1, -0.05) is 18.2 Å². The van der Waals surface area contributed by atoms with E-state index in [1.165, 1.54) is 36.4 Å². The molecule has 1 amide bonds. The highest BCUT2D eigenvalue weighted by atomic mass is 32.2. The van der Waals surface area contributed by atoms with Gasteiger partial charge in [0.25, 0.3) is 5.91 Å². The largest absolute Gasteiger partial charge is 0.416 e. The molecule has 1 aliphatic heterocycles. The maximum atomic E-state index is 12.6. The molecule has 162 valence electrons. The summed E-state index contributed by atoms with van der Waals surface area (Å²) in [6, 6.07) is 9.97. The number of ether oxygens (including phenoxy) is 1. The van der Waals surface area contributed by atoms with Crippen LogP contribution in [0.3, 0.4) is 0 Å². The van der Waals surface area contributed by atoms with Crippen LogP contribution in [0, 0.1) is 0 Å². The molecule has 0 aliphatic carbocycles. The Morgan fingerprint density at radius 2 is 1.87 bits per heavy atom. The zero-order chi connectivity index (χ0) is 21.8. The van der Waals surface area contributed by atoms with Crippen molar-refractivity contribution in [3.05, 3.63) is 65.2 Å². The summed E-state index contributed by atoms with van der Waals surface area (Å²) in [4.78, 5) is 12.3. The van der Waals surface area contributed by atoms with Gasteiger partial charge >= 0.3 is 6.18 Å². The predicted molar refractivity (Wildman–Crippen MR) is 103 cm³/mol. The molecule has 1 atom stereocenters. The number of rotatable bonds is 7. The molecule has 2 aromatic carbocycles. The van der Waals surface area contributed by atoms with Crippen LogP contribution in [0.15, 0.2) is 53.4 Å². The highest BCUT2D eigenvalue weighted by Crippen LogP contribution is 2.29. The molecule has 1 fully saturated rings. The molecule has 1 saturated heterocycles. The lowest BCUT2D eigenvalue weighted by Crippen LogP contribution is -2.32. The Balaban J connectivity index is 1.61. The molecule has 0 bridgehead atoms. The van der Waals surface area contributed by atoms with E-state index in [0.717, 1.165) is 25.0 Å². The van der Waals surface area contributed by atoms with E-state index in [9.17, 15) is 26.4 Å². The van der Waals surface area contributed by atoms with Crippen molar-refractivity contribution in [1.82, 2.24) is 10.0 Å². The second-order valence-corrected chi connectivity index (χ2v) is 8.66. The van der Waals surface area contributed by atoms with Crippen molar-refractivity contribution in [2.45, 2.75) is 36.6 Å². The summed E-state index contributed by atoms with van der Waals surface area (Å²) < 4.78 is 70.6. The van der Waals surface area contributed by atoms with Crippen LogP contribution in [-0.4, -0.2) is 33.6 Å². The molecule has 0 radical (unpaired) electrons. The van der Waals surface area contributed by atoms with E-state index in [2.05, 4.69) is 10.0 Å². The van der Waals surface area contributed by atoms with Crippen molar-refractivity contribution in [3.8, 4) is 0 Å². The minimum absolute atomic E-state index is 0.00518. The fraction of sp³-hybridized carbons (Fsp3) is 0.350. The number of carbonyl (C=O) groups is 1. The molecule has 0 spiro atoms. The normalized spacial score (nSPS) is 17.1. The van der Waals surface area contributed by atoms with Crippen molar-refractivity contribution in [2.24, 2.45) is 0 Å². The maximum Gasteiger partial charge on any atom is 0.416 e. The Hall–Kier alpha value is -2.43. The number of nitrogens with one attached hydrogen (secondary N) is 2. The Morgan fingerprint density at radius 3 is 2.50 bits per heavy atom. The van der Waals surface area contributed by atoms with E-state index < -0.39 is 27.7 Å². The fourth-order valence-corrected chi connectivity index (χ4v) is 4.10. The Kier molecular flexibility index (Phi) is 6.79. The van der Waals surface area contributed by atoms with Crippen molar-refractivity contribution < 1.29 is 31.1 Å². The molecular weight excluding hydrogens is 421 g/mol. The van der Waals surface area contributed by atoms with E-state index in [4.69, 9.17) is 4.74 Å². The van der Waals surface area contributed by atoms with Crippen LogP contribution in [0.4, 0.5) is 13.2 Å². The molecule has 1 heterocycles. The first kappa shape index (κ1) is 22.3. The summed E-state index contributed by atoms with van der Waals surface area (Å²) in [5.41, 5.74) is -0.161. The molecule has 2 aromatic rings. The number of alkyl halides is 3. The van der Waals surface area contributed by atoms with Gasteiger partial charge < -0.3 is 10.1 Å². The monoisotopic (exact) mass is 442 g/mol. The summed E-state index contributed by atoms with van der Waals surface area (Å²) in [7, 11) is -3.81. The third kappa shape index (κ3) is 5.80. The number of hydrogen-bond acceptors (Lipinski definition) is 4. The van der Waals surface area contributed by atoms with Gasteiger partial charge in [-0.15, -0.1) is 0 Å². The molecular formula is C20H21F3N2O4S. The summed E-state index contributed by atoms with van der Waals surface area (Å²) in [6.45, 7) is 0.777. The summed E-state index contributed by atoms with van der Waals surface area (Å²) in [6.07, 6.45) is -2.91. The SMILES string of the molecule is O=C(NCc1ccc(C(F)(F)F)cc1)c1cccc(S(=O)(=O)NCC2CCCO2)c1. The van der Waals surface area contributed by atoms with E-state index >= 15 is 0 Å². The lowest BCUT2D eigenvalue weighted by Gasteiger charge is -2.12. The Morgan fingerprint density at radius 1 is 1.13 bits per heavy atom. The first-order chi connectivity index (χ1) is 14.1. The molecule has 0 aromatic heterocycles. The van der Waals surface area contributed by atoms with Crippen molar-refractivity contribution in [3.63, 3.8) is 0 Å². The van der Waals surface area contributed by atoms with Gasteiger partial charge in [-0.3, -0.25) is 4.79 Å².